The largest absolute Gasteiger partial charge is 0.340 e. The van der Waals surface area contributed by atoms with Crippen molar-refractivity contribution in [2.75, 3.05) is 27.2 Å². The molecule has 21 heavy (non-hydrogen) atoms. The van der Waals surface area contributed by atoms with Crippen LogP contribution in [0.5, 0.6) is 0 Å². The summed E-state index contributed by atoms with van der Waals surface area (Å²) in [6.07, 6.45) is 3.30. The van der Waals surface area contributed by atoms with Gasteiger partial charge in [-0.15, -0.1) is 12.4 Å². The molecule has 114 valence electrons. The molecule has 0 spiro atoms. The van der Waals surface area contributed by atoms with E-state index >= 15 is 0 Å². The van der Waals surface area contributed by atoms with E-state index < -0.39 is 0 Å². The second-order valence-corrected chi connectivity index (χ2v) is 4.92. The number of benzene rings is 1. The van der Waals surface area contributed by atoms with E-state index in [2.05, 4.69) is 10.4 Å². The highest BCUT2D eigenvalue weighted by atomic mass is 35.5. The summed E-state index contributed by atoms with van der Waals surface area (Å²) in [5.41, 5.74) is 1.44. The van der Waals surface area contributed by atoms with Crippen molar-refractivity contribution < 1.29 is 4.79 Å². The van der Waals surface area contributed by atoms with Crippen LogP contribution < -0.4 is 5.32 Å². The van der Waals surface area contributed by atoms with Crippen molar-refractivity contribution in [1.82, 2.24) is 20.0 Å². The molecule has 0 aliphatic heterocycles. The van der Waals surface area contributed by atoms with E-state index in [9.17, 15) is 4.79 Å². The van der Waals surface area contributed by atoms with Gasteiger partial charge in [-0.2, -0.15) is 5.10 Å². The zero-order valence-corrected chi connectivity index (χ0v) is 13.5. The molecule has 2 aromatic rings. The average Bonchev–Trinajstić information content (AvgIpc) is 2.94. The first-order valence-electron chi connectivity index (χ1n) is 6.32. The van der Waals surface area contributed by atoms with Gasteiger partial charge in [-0.05, 0) is 31.3 Å². The first kappa shape index (κ1) is 17.5. The topological polar surface area (TPSA) is 50.2 Å². The van der Waals surface area contributed by atoms with Crippen LogP contribution in [0.4, 0.5) is 0 Å². The number of carbonyl (C=O) groups excluding carboxylic acids is 1. The third-order valence-corrected chi connectivity index (χ3v) is 3.22. The quantitative estimate of drug-likeness (QED) is 0.915. The Morgan fingerprint density at radius 2 is 2.05 bits per heavy atom. The molecule has 2 rings (SSSR count). The van der Waals surface area contributed by atoms with Crippen molar-refractivity contribution in [3.63, 3.8) is 0 Å². The van der Waals surface area contributed by atoms with Crippen molar-refractivity contribution in [3.8, 4) is 5.69 Å². The Balaban J connectivity index is 0.00000220. The summed E-state index contributed by atoms with van der Waals surface area (Å²) in [6.45, 7) is 1.41. The van der Waals surface area contributed by atoms with Crippen molar-refractivity contribution in [2.45, 2.75) is 0 Å². The number of halogens is 2. The van der Waals surface area contributed by atoms with Crippen molar-refractivity contribution in [3.05, 3.63) is 47.2 Å². The summed E-state index contributed by atoms with van der Waals surface area (Å²) in [7, 11) is 3.64. The Bertz CT molecular complexity index is 583. The van der Waals surface area contributed by atoms with E-state index in [1.165, 1.54) is 0 Å². The van der Waals surface area contributed by atoms with Crippen LogP contribution in [0.25, 0.3) is 5.69 Å². The Morgan fingerprint density at radius 3 is 2.67 bits per heavy atom. The summed E-state index contributed by atoms with van der Waals surface area (Å²) in [4.78, 5) is 13.8. The fourth-order valence-electron chi connectivity index (χ4n) is 1.77. The number of nitrogens with zero attached hydrogens (tertiary/aromatic N) is 3. The van der Waals surface area contributed by atoms with Gasteiger partial charge in [0.05, 0.1) is 17.4 Å². The third kappa shape index (κ3) is 4.46. The first-order chi connectivity index (χ1) is 9.61. The molecule has 0 atom stereocenters. The zero-order chi connectivity index (χ0) is 14.5. The van der Waals surface area contributed by atoms with Gasteiger partial charge in [0.15, 0.2) is 0 Å². The maximum absolute atomic E-state index is 12.2. The molecule has 5 nitrogen and oxygen atoms in total. The highest BCUT2D eigenvalue weighted by molar-refractivity contribution is 6.30. The molecule has 1 amide bonds. The molecule has 0 aliphatic rings. The van der Waals surface area contributed by atoms with E-state index in [1.807, 2.05) is 19.2 Å². The summed E-state index contributed by atoms with van der Waals surface area (Å²) in [6, 6.07) is 7.29. The van der Waals surface area contributed by atoms with Crippen LogP contribution >= 0.6 is 24.0 Å². The molecule has 0 saturated heterocycles. The van der Waals surface area contributed by atoms with E-state index in [0.29, 0.717) is 17.1 Å². The lowest BCUT2D eigenvalue weighted by Gasteiger charge is -2.15. The summed E-state index contributed by atoms with van der Waals surface area (Å²) >= 11 is 5.85. The van der Waals surface area contributed by atoms with Crippen molar-refractivity contribution >= 4 is 29.9 Å². The van der Waals surface area contributed by atoms with Gasteiger partial charge in [0.25, 0.3) is 5.91 Å². The molecular weight excluding hydrogens is 311 g/mol. The molecule has 0 bridgehead atoms. The predicted molar refractivity (Wildman–Crippen MR) is 86.7 cm³/mol. The molecular formula is C14H18Cl2N4O. The SMILES string of the molecule is CNCCN(C)C(=O)c1cnn(-c2ccc(Cl)cc2)c1.Cl. The van der Waals surface area contributed by atoms with Crippen LogP contribution in [-0.4, -0.2) is 47.8 Å². The van der Waals surface area contributed by atoms with Crippen molar-refractivity contribution in [1.29, 1.82) is 0 Å². The Labute approximate surface area is 135 Å². The number of nitrogens with one attached hydrogen (secondary N) is 1. The van der Waals surface area contributed by atoms with Crippen molar-refractivity contribution in [2.24, 2.45) is 0 Å². The number of hydrogen-bond donors (Lipinski definition) is 1. The number of likely N-dealkylation sites (N-methyl/N-ethyl adjacent to an activating group) is 2. The maximum Gasteiger partial charge on any atom is 0.256 e. The van der Waals surface area contributed by atoms with Crippen LogP contribution in [0.2, 0.25) is 5.02 Å². The first-order valence-corrected chi connectivity index (χ1v) is 6.70. The third-order valence-electron chi connectivity index (χ3n) is 2.96. The van der Waals surface area contributed by atoms with Gasteiger partial charge in [-0.3, -0.25) is 4.79 Å². The molecule has 0 unspecified atom stereocenters. The van der Waals surface area contributed by atoms with Crippen LogP contribution in [0.15, 0.2) is 36.7 Å². The van der Waals surface area contributed by atoms with E-state index in [-0.39, 0.29) is 18.3 Å². The Hall–Kier alpha value is -1.56. The van der Waals surface area contributed by atoms with Gasteiger partial charge in [-0.25, -0.2) is 4.68 Å². The highest BCUT2D eigenvalue weighted by Gasteiger charge is 2.13. The molecule has 0 fully saturated rings. The molecule has 0 saturated carbocycles. The molecule has 7 heteroatoms. The summed E-state index contributed by atoms with van der Waals surface area (Å²) in [5.74, 6) is -0.0412. The van der Waals surface area contributed by atoms with Crippen LogP contribution in [-0.2, 0) is 0 Å². The Morgan fingerprint density at radius 1 is 1.38 bits per heavy atom. The molecule has 1 heterocycles. The summed E-state index contributed by atoms with van der Waals surface area (Å²) < 4.78 is 1.66. The van der Waals surface area contributed by atoms with Gasteiger partial charge in [0.2, 0.25) is 0 Å². The monoisotopic (exact) mass is 328 g/mol. The normalized spacial score (nSPS) is 10.0. The predicted octanol–water partition coefficient (Wildman–Crippen LogP) is 2.24. The molecule has 1 aromatic carbocycles. The summed E-state index contributed by atoms with van der Waals surface area (Å²) in [5, 5.41) is 7.89. The number of amides is 1. The number of rotatable bonds is 5. The minimum absolute atomic E-state index is 0. The van der Waals surface area contributed by atoms with Crippen LogP contribution in [0.1, 0.15) is 10.4 Å². The number of carbonyl (C=O) groups is 1. The standard InChI is InChI=1S/C14H17ClN4O.ClH/c1-16-7-8-18(2)14(20)11-9-17-19(10-11)13-5-3-12(15)4-6-13;/h3-6,9-10,16H,7-8H2,1-2H3;1H. The minimum Gasteiger partial charge on any atom is -0.340 e. The molecule has 0 radical (unpaired) electrons. The zero-order valence-electron chi connectivity index (χ0n) is 11.9. The van der Waals surface area contributed by atoms with E-state index in [1.54, 1.807) is 41.2 Å². The van der Waals surface area contributed by atoms with Gasteiger partial charge in [-0.1, -0.05) is 11.6 Å². The molecule has 1 aromatic heterocycles. The van der Waals surface area contributed by atoms with Crippen LogP contribution in [0, 0.1) is 0 Å². The van der Waals surface area contributed by atoms with Gasteiger partial charge in [0.1, 0.15) is 0 Å². The lowest BCUT2D eigenvalue weighted by atomic mass is 10.3. The average molecular weight is 329 g/mol. The lowest BCUT2D eigenvalue weighted by Crippen LogP contribution is -2.32. The highest BCUT2D eigenvalue weighted by Crippen LogP contribution is 2.13. The molecule has 0 aliphatic carbocycles. The van der Waals surface area contributed by atoms with Crippen LogP contribution in [0.3, 0.4) is 0 Å². The number of hydrogen-bond acceptors (Lipinski definition) is 3. The lowest BCUT2D eigenvalue weighted by molar-refractivity contribution is 0.0797. The van der Waals surface area contributed by atoms with Gasteiger partial charge < -0.3 is 10.2 Å². The minimum atomic E-state index is -0.0412. The second-order valence-electron chi connectivity index (χ2n) is 4.48. The fraction of sp³-hybridized carbons (Fsp3) is 0.286. The van der Waals surface area contributed by atoms with E-state index in [4.69, 9.17) is 11.6 Å². The fourth-order valence-corrected chi connectivity index (χ4v) is 1.90. The Kier molecular flexibility index (Phi) is 6.68. The molecule has 1 N–H and O–H groups in total. The second kappa shape index (κ2) is 8.02. The smallest absolute Gasteiger partial charge is 0.256 e. The van der Waals surface area contributed by atoms with E-state index in [0.717, 1.165) is 12.2 Å². The maximum atomic E-state index is 12.2. The number of aromatic nitrogens is 2. The van der Waals surface area contributed by atoms with Gasteiger partial charge >= 0.3 is 0 Å². The van der Waals surface area contributed by atoms with Gasteiger partial charge in [0, 0.05) is 31.4 Å².